The number of thiocarbonyl (C=S) groups is 1. The van der Waals surface area contributed by atoms with Gasteiger partial charge < -0.3 is 15.5 Å². The maximum atomic E-state index is 12.4. The minimum absolute atomic E-state index is 0.192. The third-order valence-electron chi connectivity index (χ3n) is 3.97. The van der Waals surface area contributed by atoms with Crippen LogP contribution in [-0.4, -0.2) is 47.0 Å². The van der Waals surface area contributed by atoms with Crippen LogP contribution in [0, 0.1) is 5.92 Å². The van der Waals surface area contributed by atoms with Crippen molar-refractivity contribution in [2.24, 2.45) is 11.7 Å². The molecule has 0 aliphatic carbocycles. The van der Waals surface area contributed by atoms with E-state index < -0.39 is 0 Å². The van der Waals surface area contributed by atoms with Crippen molar-refractivity contribution in [2.75, 3.05) is 26.2 Å². The van der Waals surface area contributed by atoms with E-state index in [-0.39, 0.29) is 11.9 Å². The van der Waals surface area contributed by atoms with Crippen molar-refractivity contribution >= 4 is 23.2 Å². The summed E-state index contributed by atoms with van der Waals surface area (Å²) in [6.45, 7) is 3.39. The SMILES string of the molecule is NC(=S)C1CCCN(C(=O)N2CCCCCC2)C1. The standard InChI is InChI=1S/C13H23N3OS/c14-12(18)11-6-5-9-16(10-11)13(17)15-7-3-1-2-4-8-15/h11H,1-10H2,(H2,14,18). The Hall–Kier alpha value is -0.840. The van der Waals surface area contributed by atoms with Crippen molar-refractivity contribution in [3.63, 3.8) is 0 Å². The van der Waals surface area contributed by atoms with Crippen molar-refractivity contribution < 1.29 is 4.79 Å². The minimum atomic E-state index is 0.192. The molecular weight excluding hydrogens is 246 g/mol. The summed E-state index contributed by atoms with van der Waals surface area (Å²) >= 11 is 5.06. The molecule has 0 aromatic heterocycles. The van der Waals surface area contributed by atoms with E-state index in [2.05, 4.69) is 0 Å². The van der Waals surface area contributed by atoms with Gasteiger partial charge in [-0.25, -0.2) is 4.79 Å². The van der Waals surface area contributed by atoms with E-state index in [4.69, 9.17) is 18.0 Å². The number of nitrogens with zero attached hydrogens (tertiary/aromatic N) is 2. The molecule has 0 bridgehead atoms. The molecule has 2 rings (SSSR count). The van der Waals surface area contributed by atoms with Gasteiger partial charge >= 0.3 is 6.03 Å². The molecule has 0 radical (unpaired) electrons. The lowest BCUT2D eigenvalue weighted by molar-refractivity contribution is 0.139. The number of rotatable bonds is 1. The zero-order valence-corrected chi connectivity index (χ0v) is 11.8. The first-order chi connectivity index (χ1) is 8.68. The van der Waals surface area contributed by atoms with E-state index in [0.717, 1.165) is 45.3 Å². The Morgan fingerprint density at radius 2 is 1.61 bits per heavy atom. The monoisotopic (exact) mass is 269 g/mol. The average Bonchev–Trinajstić information content (AvgIpc) is 2.67. The van der Waals surface area contributed by atoms with Gasteiger partial charge in [0, 0.05) is 32.1 Å². The van der Waals surface area contributed by atoms with Crippen molar-refractivity contribution in [1.29, 1.82) is 0 Å². The predicted octanol–water partition coefficient (Wildman–Crippen LogP) is 1.98. The van der Waals surface area contributed by atoms with Crippen LogP contribution in [0.4, 0.5) is 4.79 Å². The van der Waals surface area contributed by atoms with Gasteiger partial charge in [0.15, 0.2) is 0 Å². The Labute approximate surface area is 114 Å². The summed E-state index contributed by atoms with van der Waals surface area (Å²) in [6, 6.07) is 0.192. The zero-order valence-electron chi connectivity index (χ0n) is 10.9. The topological polar surface area (TPSA) is 49.6 Å². The van der Waals surface area contributed by atoms with Gasteiger partial charge in [-0.2, -0.15) is 0 Å². The van der Waals surface area contributed by atoms with Crippen LogP contribution in [0.1, 0.15) is 38.5 Å². The lowest BCUT2D eigenvalue weighted by atomic mass is 9.98. The molecule has 1 atom stereocenters. The Bertz CT molecular complexity index is 313. The molecule has 2 amide bonds. The molecule has 0 saturated carbocycles. The van der Waals surface area contributed by atoms with Gasteiger partial charge in [0.25, 0.3) is 0 Å². The largest absolute Gasteiger partial charge is 0.393 e. The summed E-state index contributed by atoms with van der Waals surface area (Å²) in [5.74, 6) is 0.213. The summed E-state index contributed by atoms with van der Waals surface area (Å²) in [6.07, 6.45) is 6.82. The molecule has 0 aromatic carbocycles. The molecule has 102 valence electrons. The molecule has 2 heterocycles. The number of nitrogens with two attached hydrogens (primary N) is 1. The maximum absolute atomic E-state index is 12.4. The summed E-state index contributed by atoms with van der Waals surface area (Å²) in [5.41, 5.74) is 5.71. The fourth-order valence-electron chi connectivity index (χ4n) is 2.85. The maximum Gasteiger partial charge on any atom is 0.320 e. The summed E-state index contributed by atoms with van der Waals surface area (Å²) in [4.78, 5) is 17.0. The lowest BCUT2D eigenvalue weighted by Gasteiger charge is -2.35. The second-order valence-corrected chi connectivity index (χ2v) is 5.84. The zero-order chi connectivity index (χ0) is 13.0. The number of carbonyl (C=O) groups excluding carboxylic acids is 1. The van der Waals surface area contributed by atoms with Gasteiger partial charge in [-0.3, -0.25) is 0 Å². The van der Waals surface area contributed by atoms with E-state index >= 15 is 0 Å². The molecule has 2 aliphatic heterocycles. The average molecular weight is 269 g/mol. The van der Waals surface area contributed by atoms with Gasteiger partial charge in [-0.15, -0.1) is 0 Å². The van der Waals surface area contributed by atoms with Crippen LogP contribution in [-0.2, 0) is 0 Å². The highest BCUT2D eigenvalue weighted by Crippen LogP contribution is 2.19. The van der Waals surface area contributed by atoms with Crippen LogP contribution in [0.15, 0.2) is 0 Å². The van der Waals surface area contributed by atoms with E-state index in [9.17, 15) is 4.79 Å². The smallest absolute Gasteiger partial charge is 0.320 e. The van der Waals surface area contributed by atoms with Crippen molar-refractivity contribution in [1.82, 2.24) is 9.80 Å². The second kappa shape index (κ2) is 6.36. The molecule has 2 N–H and O–H groups in total. The Kier molecular flexibility index (Phi) is 4.80. The van der Waals surface area contributed by atoms with Crippen LogP contribution < -0.4 is 5.73 Å². The van der Waals surface area contributed by atoms with Gasteiger partial charge in [0.1, 0.15) is 0 Å². The van der Waals surface area contributed by atoms with Gasteiger partial charge in [-0.05, 0) is 25.7 Å². The van der Waals surface area contributed by atoms with Crippen LogP contribution >= 0.6 is 12.2 Å². The van der Waals surface area contributed by atoms with E-state index in [1.165, 1.54) is 12.8 Å². The number of carbonyl (C=O) groups is 1. The number of amides is 2. The molecule has 2 saturated heterocycles. The number of hydrogen-bond acceptors (Lipinski definition) is 2. The summed E-state index contributed by atoms with van der Waals surface area (Å²) < 4.78 is 0. The first kappa shape index (κ1) is 13.6. The van der Waals surface area contributed by atoms with Crippen molar-refractivity contribution in [2.45, 2.75) is 38.5 Å². The molecule has 2 fully saturated rings. The number of likely N-dealkylation sites (tertiary alicyclic amines) is 2. The number of urea groups is 1. The highest BCUT2D eigenvalue weighted by Gasteiger charge is 2.28. The third-order valence-corrected chi connectivity index (χ3v) is 4.30. The highest BCUT2D eigenvalue weighted by molar-refractivity contribution is 7.80. The van der Waals surface area contributed by atoms with Crippen LogP contribution in [0.2, 0.25) is 0 Å². The summed E-state index contributed by atoms with van der Waals surface area (Å²) in [5, 5.41) is 0. The van der Waals surface area contributed by atoms with Crippen LogP contribution in [0.3, 0.4) is 0 Å². The Morgan fingerprint density at radius 3 is 2.22 bits per heavy atom. The van der Waals surface area contributed by atoms with Crippen molar-refractivity contribution in [3.8, 4) is 0 Å². The first-order valence-electron chi connectivity index (χ1n) is 7.01. The van der Waals surface area contributed by atoms with Crippen molar-refractivity contribution in [3.05, 3.63) is 0 Å². The second-order valence-electron chi connectivity index (χ2n) is 5.37. The van der Waals surface area contributed by atoms with Gasteiger partial charge in [0.05, 0.1) is 4.99 Å². The van der Waals surface area contributed by atoms with E-state index in [1.54, 1.807) is 0 Å². The minimum Gasteiger partial charge on any atom is -0.393 e. The number of piperidine rings is 1. The molecule has 4 nitrogen and oxygen atoms in total. The molecule has 2 aliphatic rings. The van der Waals surface area contributed by atoms with Crippen LogP contribution in [0.5, 0.6) is 0 Å². The highest BCUT2D eigenvalue weighted by atomic mass is 32.1. The van der Waals surface area contributed by atoms with Gasteiger partial charge in [0.2, 0.25) is 0 Å². The van der Waals surface area contributed by atoms with E-state index in [0.29, 0.717) is 11.5 Å². The fourth-order valence-corrected chi connectivity index (χ4v) is 3.04. The molecule has 0 aromatic rings. The Morgan fingerprint density at radius 1 is 1.00 bits per heavy atom. The third kappa shape index (κ3) is 3.34. The molecule has 0 spiro atoms. The van der Waals surface area contributed by atoms with Gasteiger partial charge in [-0.1, -0.05) is 25.1 Å². The van der Waals surface area contributed by atoms with Crippen LogP contribution in [0.25, 0.3) is 0 Å². The first-order valence-corrected chi connectivity index (χ1v) is 7.42. The quantitative estimate of drug-likeness (QED) is 0.741. The number of hydrogen-bond donors (Lipinski definition) is 1. The van der Waals surface area contributed by atoms with E-state index in [1.807, 2.05) is 9.80 Å². The molecule has 1 unspecified atom stereocenters. The summed E-state index contributed by atoms with van der Waals surface area (Å²) in [7, 11) is 0. The molecule has 18 heavy (non-hydrogen) atoms. The normalized spacial score (nSPS) is 25.7. The lowest BCUT2D eigenvalue weighted by Crippen LogP contribution is -2.49. The molecule has 5 heteroatoms. The molecular formula is C13H23N3OS. The fraction of sp³-hybridized carbons (Fsp3) is 0.846. The Balaban J connectivity index is 1.92. The predicted molar refractivity (Wildman–Crippen MR) is 76.5 cm³/mol.